The van der Waals surface area contributed by atoms with Gasteiger partial charge in [0.2, 0.25) is 21.8 Å². The minimum Gasteiger partial charge on any atom is -0.394 e. The lowest BCUT2D eigenvalue weighted by molar-refractivity contribution is -0.0384. The van der Waals surface area contributed by atoms with Crippen LogP contribution in [0.4, 0.5) is 22.2 Å². The summed E-state index contributed by atoms with van der Waals surface area (Å²) in [6, 6.07) is 25.0. The maximum Gasteiger partial charge on any atom is 0.319 e. The van der Waals surface area contributed by atoms with E-state index in [2.05, 4.69) is 60.6 Å². The van der Waals surface area contributed by atoms with Gasteiger partial charge >= 0.3 is 6.03 Å². The van der Waals surface area contributed by atoms with Crippen LogP contribution in [0.5, 0.6) is 0 Å². The molecular formula is C37H41N13O7S. The van der Waals surface area contributed by atoms with Gasteiger partial charge in [-0.1, -0.05) is 66.7 Å². The Morgan fingerprint density at radius 2 is 1.72 bits per heavy atom. The number of aromatic nitrogens is 8. The average molecular weight is 812 g/mol. The zero-order valence-electron chi connectivity index (χ0n) is 30.9. The van der Waals surface area contributed by atoms with Gasteiger partial charge in [-0.05, 0) is 41.0 Å². The first-order chi connectivity index (χ1) is 28.1. The second-order valence-corrected chi connectivity index (χ2v) is 15.5. The summed E-state index contributed by atoms with van der Waals surface area (Å²) in [4.78, 5) is 30.4. The molecule has 5 atom stereocenters. The number of anilines is 3. The molecule has 0 spiro atoms. The number of tetrazole rings is 1. The molecule has 0 bridgehead atoms. The lowest BCUT2D eigenvalue weighted by Crippen LogP contribution is -2.40. The van der Waals surface area contributed by atoms with Crippen molar-refractivity contribution in [3.05, 3.63) is 108 Å². The van der Waals surface area contributed by atoms with Crippen molar-refractivity contribution < 1.29 is 33.3 Å². The molecule has 2 amide bonds. The van der Waals surface area contributed by atoms with Gasteiger partial charge in [0.15, 0.2) is 29.3 Å². The van der Waals surface area contributed by atoms with Gasteiger partial charge in [0.1, 0.15) is 12.2 Å². The molecule has 2 saturated heterocycles. The number of amides is 2. The molecule has 8 rings (SSSR count). The molecule has 0 radical (unpaired) electrons. The molecule has 1 unspecified atom stereocenters. The number of carbonyl (C=O) groups is 1. The number of hydrogen-bond acceptors (Lipinski definition) is 15. The van der Waals surface area contributed by atoms with Crippen LogP contribution in [0.25, 0.3) is 11.2 Å². The van der Waals surface area contributed by atoms with Crippen molar-refractivity contribution in [2.45, 2.75) is 54.4 Å². The van der Waals surface area contributed by atoms with E-state index < -0.39 is 40.6 Å². The van der Waals surface area contributed by atoms with Gasteiger partial charge in [0.25, 0.3) is 0 Å². The zero-order valence-corrected chi connectivity index (χ0v) is 31.7. The highest BCUT2D eigenvalue weighted by Crippen LogP contribution is 2.39. The molecule has 302 valence electrons. The quantitative estimate of drug-likeness (QED) is 0.0860. The van der Waals surface area contributed by atoms with Gasteiger partial charge in [-0.3, -0.25) is 4.57 Å². The van der Waals surface area contributed by atoms with Crippen LogP contribution in [-0.4, -0.2) is 114 Å². The number of sulfonamides is 1. The topological polar surface area (TPSA) is 274 Å². The first-order valence-electron chi connectivity index (χ1n) is 18.5. The van der Waals surface area contributed by atoms with Gasteiger partial charge in [0, 0.05) is 37.3 Å². The summed E-state index contributed by atoms with van der Waals surface area (Å²) in [5.74, 6) is 0.702. The van der Waals surface area contributed by atoms with Crippen molar-refractivity contribution in [1.82, 2.24) is 45.0 Å². The smallest absolute Gasteiger partial charge is 0.319 e. The molecule has 3 aromatic heterocycles. The SMILES string of the molecule is NS(=O)(=O)c1cccc(NC(=O)NC2CCN(c3nc(NCC(c4ccccc4)c4ccccc4)c4ncn([C@@H]5O[C@H](c6nnn(CCO)n6)[C@@H](O)[C@H]5O)c4n3)C2)c1. The number of aliphatic hydroxyl groups excluding tert-OH is 3. The minimum absolute atomic E-state index is 0.0363. The number of hydrogen-bond donors (Lipinski definition) is 7. The van der Waals surface area contributed by atoms with Crippen LogP contribution in [0.15, 0.2) is 96.2 Å². The number of aliphatic hydroxyl groups is 3. The summed E-state index contributed by atoms with van der Waals surface area (Å²) in [7, 11) is -3.96. The molecule has 0 aliphatic carbocycles. The average Bonchev–Trinajstić information content (AvgIpc) is 4.03. The summed E-state index contributed by atoms with van der Waals surface area (Å²) in [6.07, 6.45) is -3.16. The summed E-state index contributed by atoms with van der Waals surface area (Å²) in [5.41, 5.74) is 3.13. The van der Waals surface area contributed by atoms with Crippen LogP contribution in [-0.2, 0) is 21.3 Å². The largest absolute Gasteiger partial charge is 0.394 e. The summed E-state index contributed by atoms with van der Waals surface area (Å²) in [6.45, 7) is 1.11. The van der Waals surface area contributed by atoms with E-state index in [0.29, 0.717) is 49.0 Å². The van der Waals surface area contributed by atoms with Crippen LogP contribution < -0.4 is 26.0 Å². The van der Waals surface area contributed by atoms with E-state index in [0.717, 1.165) is 11.1 Å². The van der Waals surface area contributed by atoms with Crippen LogP contribution in [0.2, 0.25) is 0 Å². The third kappa shape index (κ3) is 8.16. The Kier molecular flexibility index (Phi) is 11.0. The Balaban J connectivity index is 1.08. The Hall–Kier alpha value is -6.10. The molecular weight excluding hydrogens is 771 g/mol. The Labute approximate surface area is 331 Å². The third-order valence-corrected chi connectivity index (χ3v) is 11.0. The van der Waals surface area contributed by atoms with Crippen LogP contribution in [0.1, 0.15) is 41.6 Å². The second-order valence-electron chi connectivity index (χ2n) is 13.9. The van der Waals surface area contributed by atoms with E-state index >= 15 is 0 Å². The number of imidazole rings is 1. The predicted molar refractivity (Wildman–Crippen MR) is 209 cm³/mol. The molecule has 8 N–H and O–H groups in total. The third-order valence-electron chi connectivity index (χ3n) is 10.0. The minimum atomic E-state index is -3.96. The number of nitrogens with zero attached hydrogens (tertiary/aromatic N) is 9. The molecule has 20 nitrogen and oxygen atoms in total. The fourth-order valence-electron chi connectivity index (χ4n) is 7.17. The number of rotatable bonds is 13. The first kappa shape index (κ1) is 38.8. The predicted octanol–water partition coefficient (Wildman–Crippen LogP) is 1.09. The van der Waals surface area contributed by atoms with Crippen molar-refractivity contribution in [3.63, 3.8) is 0 Å². The van der Waals surface area contributed by atoms with Crippen molar-refractivity contribution in [3.8, 4) is 0 Å². The molecule has 2 fully saturated rings. The highest BCUT2D eigenvalue weighted by molar-refractivity contribution is 7.89. The number of primary sulfonamides is 1. The van der Waals surface area contributed by atoms with Gasteiger partial charge in [-0.15, -0.1) is 10.2 Å². The number of carbonyl (C=O) groups excluding carboxylic acids is 1. The van der Waals surface area contributed by atoms with Gasteiger partial charge in [-0.25, -0.2) is 23.3 Å². The maximum absolute atomic E-state index is 13.0. The summed E-state index contributed by atoms with van der Waals surface area (Å²) >= 11 is 0. The maximum atomic E-state index is 13.0. The van der Waals surface area contributed by atoms with Gasteiger partial charge in [0.05, 0.1) is 24.4 Å². The number of urea groups is 1. The normalized spacial score (nSPS) is 20.8. The lowest BCUT2D eigenvalue weighted by Gasteiger charge is -2.22. The van der Waals surface area contributed by atoms with Crippen LogP contribution in [0.3, 0.4) is 0 Å². The van der Waals surface area contributed by atoms with E-state index in [9.17, 15) is 28.5 Å². The zero-order chi connectivity index (χ0) is 40.4. The number of fused-ring (bicyclic) bond motifs is 1. The molecule has 2 aliphatic rings. The number of ether oxygens (including phenoxy) is 1. The van der Waals surface area contributed by atoms with Crippen molar-refractivity contribution in [1.29, 1.82) is 0 Å². The van der Waals surface area contributed by atoms with Gasteiger partial charge in [-0.2, -0.15) is 14.8 Å². The Morgan fingerprint density at radius 1 is 0.983 bits per heavy atom. The molecule has 58 heavy (non-hydrogen) atoms. The fourth-order valence-corrected chi connectivity index (χ4v) is 7.73. The monoisotopic (exact) mass is 811 g/mol. The molecule has 21 heteroatoms. The van der Waals surface area contributed by atoms with Crippen LogP contribution in [0, 0.1) is 0 Å². The highest BCUT2D eigenvalue weighted by Gasteiger charge is 2.47. The molecule has 5 heterocycles. The van der Waals surface area contributed by atoms with E-state index in [-0.39, 0.29) is 41.5 Å². The Morgan fingerprint density at radius 3 is 2.43 bits per heavy atom. The Bertz CT molecular complexity index is 2450. The summed E-state index contributed by atoms with van der Waals surface area (Å²) < 4.78 is 31.3. The van der Waals surface area contributed by atoms with Gasteiger partial charge < -0.3 is 40.9 Å². The van der Waals surface area contributed by atoms with Crippen molar-refractivity contribution >= 4 is 44.7 Å². The highest BCUT2D eigenvalue weighted by atomic mass is 32.2. The van der Waals surface area contributed by atoms with E-state index in [1.54, 1.807) is 6.07 Å². The standard InChI is InChI=1S/C37H41N13O7S/c38-58(55,56)26-13-7-12-24(18-26)41-37(54)42-25-14-15-48(20-25)36-43-32(39-19-27(22-8-3-1-4-9-22)23-10-5-2-6-11-23)28-34(44-36)49(21-40-28)35-30(53)29(52)31(57-35)33-45-47-50(46-33)16-17-51/h1-13,18,21,25,27,29-31,35,51-53H,14-17,19-20H2,(H2,38,55,56)(H,39,43,44)(H2,41,42,54)/t25?,29-,30+,31-,35+/m0/s1. The lowest BCUT2D eigenvalue weighted by atomic mass is 9.91. The fraction of sp³-hybridized carbons (Fsp3) is 0.324. The molecule has 2 aliphatic heterocycles. The number of nitrogens with two attached hydrogens (primary N) is 1. The number of nitrogens with one attached hydrogen (secondary N) is 3. The summed E-state index contributed by atoms with van der Waals surface area (Å²) in [5, 5.41) is 58.0. The first-order valence-corrected chi connectivity index (χ1v) is 20.0. The van der Waals surface area contributed by atoms with Crippen molar-refractivity contribution in [2.75, 3.05) is 41.8 Å². The van der Waals surface area contributed by atoms with E-state index in [1.807, 2.05) is 41.3 Å². The van der Waals surface area contributed by atoms with E-state index in [1.165, 1.54) is 33.9 Å². The molecule has 6 aromatic rings. The van der Waals surface area contributed by atoms with Crippen molar-refractivity contribution in [2.24, 2.45) is 5.14 Å². The van der Waals surface area contributed by atoms with E-state index in [4.69, 9.17) is 19.8 Å². The second kappa shape index (κ2) is 16.4. The van der Waals surface area contributed by atoms with Crippen LogP contribution >= 0.6 is 0 Å². The number of benzene rings is 3. The molecule has 3 aromatic carbocycles. The molecule has 0 saturated carbocycles.